The minimum Gasteiger partial charge on any atom is -0.391 e. The van der Waals surface area contributed by atoms with Crippen LogP contribution in [0.2, 0.25) is 0 Å². The summed E-state index contributed by atoms with van der Waals surface area (Å²) >= 11 is 0. The van der Waals surface area contributed by atoms with E-state index in [1.54, 1.807) is 0 Å². The van der Waals surface area contributed by atoms with E-state index in [1.807, 2.05) is 42.5 Å². The lowest BCUT2D eigenvalue weighted by Gasteiger charge is -2.29. The van der Waals surface area contributed by atoms with Crippen molar-refractivity contribution in [1.82, 2.24) is 5.32 Å². The first kappa shape index (κ1) is 13.0. The first-order chi connectivity index (χ1) is 11.2. The number of nitrogens with zero attached hydrogens (tertiary/aromatic N) is 1. The number of benzene rings is 1. The number of rotatable bonds is 2. The predicted octanol–water partition coefficient (Wildman–Crippen LogP) is 1.61. The van der Waals surface area contributed by atoms with Gasteiger partial charge in [-0.2, -0.15) is 0 Å². The largest absolute Gasteiger partial charge is 0.391 e. The van der Waals surface area contributed by atoms with Gasteiger partial charge in [-0.15, -0.1) is 0 Å². The van der Waals surface area contributed by atoms with E-state index in [2.05, 4.69) is 10.5 Å². The lowest BCUT2D eigenvalue weighted by atomic mass is 9.72. The van der Waals surface area contributed by atoms with Crippen molar-refractivity contribution in [3.05, 3.63) is 42.0 Å². The van der Waals surface area contributed by atoms with E-state index in [4.69, 9.17) is 4.84 Å². The first-order valence-electron chi connectivity index (χ1n) is 8.05. The molecule has 5 rings (SSSR count). The van der Waals surface area contributed by atoms with Crippen molar-refractivity contribution in [2.75, 3.05) is 0 Å². The third kappa shape index (κ3) is 1.70. The molecule has 2 bridgehead atoms. The molecule has 23 heavy (non-hydrogen) atoms. The van der Waals surface area contributed by atoms with E-state index in [0.29, 0.717) is 0 Å². The topological polar surface area (TPSA) is 67.8 Å². The van der Waals surface area contributed by atoms with Crippen LogP contribution in [0.3, 0.4) is 0 Å². The summed E-state index contributed by atoms with van der Waals surface area (Å²) < 4.78 is 0. The maximum Gasteiger partial charge on any atom is 0.230 e. The molecule has 2 heterocycles. The van der Waals surface area contributed by atoms with Crippen LogP contribution in [0.5, 0.6) is 0 Å². The lowest BCUT2D eigenvalue weighted by Crippen LogP contribution is -2.40. The van der Waals surface area contributed by atoms with E-state index < -0.39 is 0 Å². The Morgan fingerprint density at radius 2 is 1.74 bits per heavy atom. The van der Waals surface area contributed by atoms with Crippen LogP contribution < -0.4 is 5.32 Å². The Morgan fingerprint density at radius 1 is 1.00 bits per heavy atom. The number of imide groups is 1. The number of fused-ring (bicyclic) bond motifs is 8. The minimum atomic E-state index is -0.207. The Morgan fingerprint density at radius 3 is 2.52 bits per heavy atom. The Balaban J connectivity index is 1.43. The highest BCUT2D eigenvalue weighted by Gasteiger charge is 2.68. The number of carbonyl (C=O) groups excluding carboxylic acids is 2. The zero-order chi connectivity index (χ0) is 15.6. The molecule has 5 heteroatoms. The average Bonchev–Trinajstić information content (AvgIpc) is 3.28. The van der Waals surface area contributed by atoms with Gasteiger partial charge in [0.1, 0.15) is 6.10 Å². The van der Waals surface area contributed by atoms with Crippen molar-refractivity contribution >= 4 is 23.6 Å². The van der Waals surface area contributed by atoms with Crippen molar-refractivity contribution < 1.29 is 14.4 Å². The van der Waals surface area contributed by atoms with Gasteiger partial charge in [-0.05, 0) is 24.0 Å². The molecule has 0 unspecified atom stereocenters. The molecule has 6 atom stereocenters. The number of nitrogens with one attached hydrogen (secondary N) is 1. The summed E-state index contributed by atoms with van der Waals surface area (Å²) in [4.78, 5) is 29.7. The molecular formula is C18H16N2O3. The minimum absolute atomic E-state index is 0.0478. The number of oxime groups is 1. The smallest absolute Gasteiger partial charge is 0.230 e. The number of hydrogen-bond acceptors (Lipinski definition) is 4. The lowest BCUT2D eigenvalue weighted by molar-refractivity contribution is -0.127. The van der Waals surface area contributed by atoms with Gasteiger partial charge in [0, 0.05) is 11.8 Å². The molecule has 1 aromatic rings. The Hall–Kier alpha value is -2.43. The number of carbonyl (C=O) groups is 2. The number of amides is 2. The van der Waals surface area contributed by atoms with Crippen LogP contribution in [-0.2, 0) is 14.4 Å². The van der Waals surface area contributed by atoms with Crippen molar-refractivity contribution in [2.45, 2.75) is 12.5 Å². The zero-order valence-electron chi connectivity index (χ0n) is 12.4. The normalized spacial score (nSPS) is 40.1. The fourth-order valence-corrected chi connectivity index (χ4v) is 4.96. The van der Waals surface area contributed by atoms with Gasteiger partial charge in [-0.1, -0.05) is 41.6 Å². The van der Waals surface area contributed by atoms with Crippen molar-refractivity contribution in [2.24, 2.45) is 34.7 Å². The second-order valence-electron chi connectivity index (χ2n) is 6.82. The Labute approximate surface area is 133 Å². The quantitative estimate of drug-likeness (QED) is 0.844. The Kier molecular flexibility index (Phi) is 2.57. The van der Waals surface area contributed by atoms with Crippen LogP contribution in [0.25, 0.3) is 6.08 Å². The fraction of sp³-hybridized carbons (Fsp3) is 0.389. The van der Waals surface area contributed by atoms with Gasteiger partial charge in [-0.3, -0.25) is 14.9 Å². The first-order valence-corrected chi connectivity index (χ1v) is 8.05. The van der Waals surface area contributed by atoms with E-state index in [-0.39, 0.29) is 47.5 Å². The maximum atomic E-state index is 12.1. The highest BCUT2D eigenvalue weighted by Crippen LogP contribution is 2.59. The summed E-state index contributed by atoms with van der Waals surface area (Å²) in [7, 11) is 0. The van der Waals surface area contributed by atoms with E-state index in [0.717, 1.165) is 17.7 Å². The van der Waals surface area contributed by atoms with Gasteiger partial charge in [0.25, 0.3) is 0 Å². The van der Waals surface area contributed by atoms with Gasteiger partial charge in [0.15, 0.2) is 0 Å². The molecule has 1 saturated heterocycles. The molecule has 4 aliphatic rings. The molecule has 0 aromatic heterocycles. The summed E-state index contributed by atoms with van der Waals surface area (Å²) in [5.74, 6) is -0.201. The molecule has 2 saturated carbocycles. The second-order valence-corrected chi connectivity index (χ2v) is 6.82. The average molecular weight is 308 g/mol. The van der Waals surface area contributed by atoms with Gasteiger partial charge in [0.2, 0.25) is 11.8 Å². The molecular weight excluding hydrogens is 292 g/mol. The highest BCUT2D eigenvalue weighted by molar-refractivity contribution is 6.08. The van der Waals surface area contributed by atoms with E-state index in [9.17, 15) is 9.59 Å². The fourth-order valence-electron chi connectivity index (χ4n) is 4.96. The molecule has 1 aromatic carbocycles. The summed E-state index contributed by atoms with van der Waals surface area (Å²) in [5.41, 5.74) is 2.01. The standard InChI is InChI=1S/C18H16N2O3/c21-17-14-10-8-11(15(14)18(22)19-17)16-13(10)12(20-23-16)7-6-9-4-2-1-3-5-9/h1-7,10-11,13-16H,8H2,(H,19,21,22)/t10-,11-,13-,14-,15+,16-/m1/s1. The molecule has 3 fully saturated rings. The maximum absolute atomic E-state index is 12.1. The molecule has 2 amide bonds. The van der Waals surface area contributed by atoms with Crippen LogP contribution in [0.1, 0.15) is 12.0 Å². The number of allylic oxidation sites excluding steroid dienone is 1. The van der Waals surface area contributed by atoms with Crippen molar-refractivity contribution in [3.8, 4) is 0 Å². The van der Waals surface area contributed by atoms with E-state index >= 15 is 0 Å². The van der Waals surface area contributed by atoms with Gasteiger partial charge < -0.3 is 4.84 Å². The SMILES string of the molecule is O=C1NC(=O)[C@H]2[C@H]3C[C@@H]([C@@H]12)[C@@H]1C(C=Cc2ccccc2)=NO[C@H]31. The molecule has 5 nitrogen and oxygen atoms in total. The predicted molar refractivity (Wildman–Crippen MR) is 83.0 cm³/mol. The van der Waals surface area contributed by atoms with Crippen LogP contribution in [0, 0.1) is 29.6 Å². The molecule has 1 N–H and O–H groups in total. The summed E-state index contributed by atoms with van der Waals surface area (Å²) in [6.45, 7) is 0. The third-order valence-electron chi connectivity index (χ3n) is 5.81. The van der Waals surface area contributed by atoms with Crippen LogP contribution in [0.15, 0.2) is 41.6 Å². The summed E-state index contributed by atoms with van der Waals surface area (Å²) in [6, 6.07) is 10.0. The Bertz CT molecular complexity index is 755. The highest BCUT2D eigenvalue weighted by atomic mass is 16.6. The van der Waals surface area contributed by atoms with E-state index in [1.165, 1.54) is 0 Å². The van der Waals surface area contributed by atoms with Crippen LogP contribution >= 0.6 is 0 Å². The van der Waals surface area contributed by atoms with Crippen LogP contribution in [0.4, 0.5) is 0 Å². The van der Waals surface area contributed by atoms with Gasteiger partial charge >= 0.3 is 0 Å². The van der Waals surface area contributed by atoms with Gasteiger partial charge in [0.05, 0.1) is 17.5 Å². The molecule has 0 spiro atoms. The second kappa shape index (κ2) is 4.54. The zero-order valence-corrected chi connectivity index (χ0v) is 12.4. The monoisotopic (exact) mass is 308 g/mol. The molecule has 116 valence electrons. The van der Waals surface area contributed by atoms with Gasteiger partial charge in [-0.25, -0.2) is 0 Å². The summed E-state index contributed by atoms with van der Waals surface area (Å²) in [6.07, 6.45) is 4.86. The molecule has 0 radical (unpaired) electrons. The van der Waals surface area contributed by atoms with Crippen LogP contribution in [-0.4, -0.2) is 23.6 Å². The van der Waals surface area contributed by atoms with Crippen molar-refractivity contribution in [1.29, 1.82) is 0 Å². The molecule has 2 aliphatic heterocycles. The molecule has 2 aliphatic carbocycles. The summed E-state index contributed by atoms with van der Waals surface area (Å²) in [5, 5.41) is 6.73. The number of hydrogen-bond donors (Lipinski definition) is 1. The third-order valence-corrected chi connectivity index (χ3v) is 5.81. The van der Waals surface area contributed by atoms with Crippen molar-refractivity contribution in [3.63, 3.8) is 0 Å².